The number of nitrogens with zero attached hydrogens (tertiary/aromatic N) is 2. The van der Waals surface area contributed by atoms with Crippen molar-refractivity contribution in [1.82, 2.24) is 0 Å². The summed E-state index contributed by atoms with van der Waals surface area (Å²) >= 11 is 0. The molecule has 0 bridgehead atoms. The number of phosphoric acid groups is 2. The zero-order valence-electron chi connectivity index (χ0n) is 8.33. The second-order valence-corrected chi connectivity index (χ2v) is 8.74. The number of hydrogen-bond donors (Lipinski definition) is 4. The van der Waals surface area contributed by atoms with Crippen LogP contribution in [0.25, 0.3) is 0 Å². The maximum Gasteiger partial charge on any atom is 0.489 e. The molecule has 0 heterocycles. The molecule has 0 aliphatic rings. The number of nitriles is 2. The van der Waals surface area contributed by atoms with Crippen molar-refractivity contribution in [2.24, 2.45) is 0 Å². The molecule has 0 aliphatic carbocycles. The summed E-state index contributed by atoms with van der Waals surface area (Å²) in [6.07, 6.45) is 0. The summed E-state index contributed by atoms with van der Waals surface area (Å²) in [5, 5.41) is 16.0. The van der Waals surface area contributed by atoms with Crippen LogP contribution in [0.3, 0.4) is 0 Å². The molecular formula is C2H4N2O11P4. The molecule has 4 N–H and O–H groups in total. The van der Waals surface area contributed by atoms with E-state index in [0.29, 0.717) is 11.6 Å². The zero-order chi connectivity index (χ0) is 15.5. The normalized spacial score (nSPS) is 23.7. The fourth-order valence-corrected chi connectivity index (χ4v) is 4.82. The third-order valence-corrected chi connectivity index (χ3v) is 6.46. The van der Waals surface area contributed by atoms with E-state index >= 15 is 0 Å². The lowest BCUT2D eigenvalue weighted by molar-refractivity contribution is 0.224. The van der Waals surface area contributed by atoms with Crippen LogP contribution in [0.4, 0.5) is 0 Å². The summed E-state index contributed by atoms with van der Waals surface area (Å²) in [7, 11) is -22.0. The summed E-state index contributed by atoms with van der Waals surface area (Å²) in [5.74, 6) is 1.10. The predicted octanol–water partition coefficient (Wildman–Crippen LogP) is 0.570. The van der Waals surface area contributed by atoms with E-state index in [1.807, 2.05) is 0 Å². The first-order chi connectivity index (χ1) is 8.24. The summed E-state index contributed by atoms with van der Waals surface area (Å²) in [6, 6.07) is 0. The van der Waals surface area contributed by atoms with Gasteiger partial charge in [-0.2, -0.15) is 23.5 Å². The van der Waals surface area contributed by atoms with Crippen molar-refractivity contribution in [1.29, 1.82) is 10.5 Å². The first-order valence-electron chi connectivity index (χ1n) is 3.52. The largest absolute Gasteiger partial charge is 0.489 e. The van der Waals surface area contributed by atoms with Crippen LogP contribution in [0.5, 0.6) is 0 Å². The summed E-state index contributed by atoms with van der Waals surface area (Å²) in [4.78, 5) is 34.5. The van der Waals surface area contributed by atoms with Crippen LogP contribution >= 0.6 is 30.8 Å². The van der Waals surface area contributed by atoms with Crippen LogP contribution in [0.15, 0.2) is 0 Å². The lowest BCUT2D eigenvalue weighted by Crippen LogP contribution is -1.95. The van der Waals surface area contributed by atoms with E-state index in [-0.39, 0.29) is 0 Å². The van der Waals surface area contributed by atoms with E-state index in [4.69, 9.17) is 30.1 Å². The number of rotatable bonds is 6. The minimum absolute atomic E-state index is 0.551. The molecule has 4 atom stereocenters. The van der Waals surface area contributed by atoms with Gasteiger partial charge in [0.05, 0.1) is 0 Å². The molecule has 0 rings (SSSR count). The monoisotopic (exact) mass is 358 g/mol. The van der Waals surface area contributed by atoms with Crippen LogP contribution in [0.1, 0.15) is 0 Å². The van der Waals surface area contributed by atoms with Gasteiger partial charge in [-0.15, -0.1) is 0 Å². The van der Waals surface area contributed by atoms with E-state index in [1.165, 1.54) is 0 Å². The number of hydrogen-bond acceptors (Lipinski definition) is 9. The molecule has 0 fully saturated rings. The highest BCUT2D eigenvalue weighted by Gasteiger charge is 2.44. The Labute approximate surface area is 104 Å². The Balaban J connectivity index is 5.06. The zero-order valence-corrected chi connectivity index (χ0v) is 11.9. The van der Waals surface area contributed by atoms with Gasteiger partial charge in [0.2, 0.25) is 0 Å². The third kappa shape index (κ3) is 7.71. The maximum absolute atomic E-state index is 10.9. The molecule has 19 heavy (non-hydrogen) atoms. The lowest BCUT2D eigenvalue weighted by Gasteiger charge is -2.15. The summed E-state index contributed by atoms with van der Waals surface area (Å²) < 4.78 is 53.1. The molecule has 0 aromatic rings. The average molecular weight is 358 g/mol. The van der Waals surface area contributed by atoms with Crippen molar-refractivity contribution in [3.8, 4) is 11.6 Å². The fraction of sp³-hybridized carbons (Fsp3) is 0. The Kier molecular flexibility index (Phi) is 5.82. The minimum Gasteiger partial charge on any atom is -0.313 e. The SMILES string of the molecule is N#[13C]P(=O)(O)OP(=O)(O)OP(=O)(O)OP(=O)(O)[13C]#N. The Bertz CT molecular complexity index is 570. The highest BCUT2D eigenvalue weighted by molar-refractivity contribution is 7.73. The highest BCUT2D eigenvalue weighted by Crippen LogP contribution is 2.70. The molecule has 0 aliphatic heterocycles. The first kappa shape index (κ1) is 18.6. The average Bonchev–Trinajstić information content (AvgIpc) is 2.12. The molecule has 0 aromatic heterocycles. The van der Waals surface area contributed by atoms with Gasteiger partial charge in [0.15, 0.2) is 11.6 Å². The molecule has 0 aromatic carbocycles. The Morgan fingerprint density at radius 1 is 0.684 bits per heavy atom. The van der Waals surface area contributed by atoms with Crippen molar-refractivity contribution in [3.63, 3.8) is 0 Å². The Morgan fingerprint density at radius 2 is 0.947 bits per heavy atom. The molecule has 0 saturated carbocycles. The van der Waals surface area contributed by atoms with Crippen molar-refractivity contribution < 1.29 is 50.8 Å². The molecule has 13 nitrogen and oxygen atoms in total. The van der Waals surface area contributed by atoms with Crippen molar-refractivity contribution in [3.05, 3.63) is 0 Å². The van der Waals surface area contributed by atoms with Crippen LogP contribution in [0.2, 0.25) is 0 Å². The smallest absolute Gasteiger partial charge is 0.313 e. The fourth-order valence-electron chi connectivity index (χ4n) is 0.476. The van der Waals surface area contributed by atoms with Crippen molar-refractivity contribution in [2.45, 2.75) is 0 Å². The molecule has 0 radical (unpaired) electrons. The second kappa shape index (κ2) is 5.94. The molecule has 108 valence electrons. The summed E-state index contributed by atoms with van der Waals surface area (Å²) in [5.41, 5.74) is 0. The minimum atomic E-state index is -5.76. The molecule has 0 saturated heterocycles. The molecule has 17 heteroatoms. The van der Waals surface area contributed by atoms with Gasteiger partial charge in [-0.25, -0.2) is 18.3 Å². The van der Waals surface area contributed by atoms with Gasteiger partial charge >= 0.3 is 30.8 Å². The maximum atomic E-state index is 10.9. The third-order valence-electron chi connectivity index (χ3n) is 0.887. The van der Waals surface area contributed by atoms with E-state index in [9.17, 15) is 18.3 Å². The van der Waals surface area contributed by atoms with Crippen molar-refractivity contribution >= 4 is 30.8 Å². The Morgan fingerprint density at radius 3 is 1.16 bits per heavy atom. The first-order valence-corrected chi connectivity index (χ1v) is 9.67. The standard InChI is InChI=1S/C2H4N2O11P4/c3-1-16(5,6)13-18(9,10)15-19(11,12)14-17(7,8)2-4/h(H,5,6)(H,7,8)(H,9,10)(H,11,12)/i1+1,2+1. The molecule has 0 spiro atoms. The summed E-state index contributed by atoms with van der Waals surface area (Å²) in [6.45, 7) is 0. The second-order valence-electron chi connectivity index (χ2n) is 2.42. The van der Waals surface area contributed by atoms with Gasteiger partial charge in [0.1, 0.15) is 0 Å². The lowest BCUT2D eigenvalue weighted by atomic mass is 12.7. The van der Waals surface area contributed by atoms with Gasteiger partial charge < -0.3 is 19.6 Å². The highest BCUT2D eigenvalue weighted by atomic mass is 31.3. The molecule has 0 amide bonds. The van der Waals surface area contributed by atoms with Gasteiger partial charge in [-0.05, 0) is 0 Å². The van der Waals surface area contributed by atoms with E-state index < -0.39 is 30.8 Å². The molecular weight excluding hydrogens is 354 g/mol. The van der Waals surface area contributed by atoms with Gasteiger partial charge in [0.25, 0.3) is 0 Å². The quantitative estimate of drug-likeness (QED) is 0.376. The van der Waals surface area contributed by atoms with Crippen molar-refractivity contribution in [2.75, 3.05) is 0 Å². The van der Waals surface area contributed by atoms with Crippen LogP contribution in [-0.2, 0) is 31.2 Å². The van der Waals surface area contributed by atoms with Gasteiger partial charge in [-0.3, -0.25) is 0 Å². The van der Waals surface area contributed by atoms with Crippen LogP contribution < -0.4 is 0 Å². The van der Waals surface area contributed by atoms with Crippen LogP contribution in [-0.4, -0.2) is 19.6 Å². The van der Waals surface area contributed by atoms with E-state index in [2.05, 4.69) is 12.9 Å². The predicted molar refractivity (Wildman–Crippen MR) is 53.8 cm³/mol. The van der Waals surface area contributed by atoms with Gasteiger partial charge in [0, 0.05) is 0 Å². The topological polar surface area (TPSA) is 224 Å². The Hall–Kier alpha value is -0.380. The molecule has 4 unspecified atom stereocenters. The van der Waals surface area contributed by atoms with Crippen LogP contribution in [0, 0.1) is 22.1 Å². The van der Waals surface area contributed by atoms with E-state index in [0.717, 1.165) is 0 Å². The van der Waals surface area contributed by atoms with E-state index in [1.54, 1.807) is 0 Å². The van der Waals surface area contributed by atoms with Gasteiger partial charge in [-0.1, -0.05) is 0 Å².